The summed E-state index contributed by atoms with van der Waals surface area (Å²) in [6.07, 6.45) is 2.78. The lowest BCUT2D eigenvalue weighted by Gasteiger charge is -2.10. The molecule has 0 aliphatic carbocycles. The van der Waals surface area contributed by atoms with Crippen molar-refractivity contribution in [2.24, 2.45) is 0 Å². The number of hydrogen-bond donors (Lipinski definition) is 1. The molecule has 18 heavy (non-hydrogen) atoms. The van der Waals surface area contributed by atoms with Crippen LogP contribution in [0, 0.1) is 0 Å². The van der Waals surface area contributed by atoms with Gasteiger partial charge >= 0.3 is 5.97 Å². The number of rotatable bonds is 5. The number of methoxy groups -OCH3 is 2. The molecule has 0 heterocycles. The van der Waals surface area contributed by atoms with Gasteiger partial charge in [-0.2, -0.15) is 0 Å². The largest absolute Gasteiger partial charge is 0.502 e. The van der Waals surface area contributed by atoms with Gasteiger partial charge in [0.15, 0.2) is 11.5 Å². The van der Waals surface area contributed by atoms with E-state index in [0.29, 0.717) is 17.9 Å². The minimum Gasteiger partial charge on any atom is -0.502 e. The van der Waals surface area contributed by atoms with Crippen molar-refractivity contribution < 1.29 is 24.1 Å². The lowest BCUT2D eigenvalue weighted by molar-refractivity contribution is -0.137. The van der Waals surface area contributed by atoms with Crippen molar-refractivity contribution in [3.05, 3.63) is 23.8 Å². The predicted octanol–water partition coefficient (Wildman–Crippen LogP) is 1.99. The highest BCUT2D eigenvalue weighted by atomic mass is 16.5. The van der Waals surface area contributed by atoms with Gasteiger partial charge in [-0.15, -0.1) is 0 Å². The third kappa shape index (κ3) is 3.16. The molecule has 0 saturated carbocycles. The Hall–Kier alpha value is -2.17. The van der Waals surface area contributed by atoms with Gasteiger partial charge in [-0.05, 0) is 25.1 Å². The molecule has 0 aliphatic rings. The van der Waals surface area contributed by atoms with Crippen LogP contribution in [0.25, 0.3) is 6.08 Å². The van der Waals surface area contributed by atoms with E-state index in [1.54, 1.807) is 19.1 Å². The molecule has 0 bridgehead atoms. The molecular weight excluding hydrogens is 236 g/mol. The molecule has 1 aromatic carbocycles. The van der Waals surface area contributed by atoms with Gasteiger partial charge in [0.2, 0.25) is 5.75 Å². The molecule has 0 unspecified atom stereocenters. The number of phenolic OH excluding ortho intramolecular Hbond substituents is 1. The molecule has 0 atom stereocenters. The van der Waals surface area contributed by atoms with Gasteiger partial charge in [0.1, 0.15) is 0 Å². The highest BCUT2D eigenvalue weighted by Crippen LogP contribution is 2.39. The zero-order valence-electron chi connectivity index (χ0n) is 10.6. The minimum absolute atomic E-state index is 0.106. The van der Waals surface area contributed by atoms with Crippen LogP contribution in [-0.2, 0) is 9.53 Å². The fourth-order valence-electron chi connectivity index (χ4n) is 1.43. The maximum atomic E-state index is 11.2. The SMILES string of the molecule is CCOC(=O)/C=C/c1ccc(OC)c(O)c1OC. The van der Waals surface area contributed by atoms with Gasteiger partial charge in [-0.3, -0.25) is 0 Å². The van der Waals surface area contributed by atoms with E-state index >= 15 is 0 Å². The fourth-order valence-corrected chi connectivity index (χ4v) is 1.43. The summed E-state index contributed by atoms with van der Waals surface area (Å²) in [6.45, 7) is 2.04. The van der Waals surface area contributed by atoms with Crippen molar-refractivity contribution in [1.29, 1.82) is 0 Å². The number of phenols is 1. The van der Waals surface area contributed by atoms with Crippen LogP contribution in [-0.4, -0.2) is 31.9 Å². The molecule has 5 nitrogen and oxygen atoms in total. The first kappa shape index (κ1) is 13.9. The van der Waals surface area contributed by atoms with E-state index in [0.717, 1.165) is 0 Å². The van der Waals surface area contributed by atoms with Crippen molar-refractivity contribution in [3.63, 3.8) is 0 Å². The Bertz CT molecular complexity index is 451. The predicted molar refractivity (Wildman–Crippen MR) is 66.9 cm³/mol. The summed E-state index contributed by atoms with van der Waals surface area (Å²) < 4.78 is 14.8. The first-order chi connectivity index (χ1) is 8.63. The standard InChI is InChI=1S/C13H16O5/c1-4-18-11(14)8-6-9-5-7-10(16-2)12(15)13(9)17-3/h5-8,15H,4H2,1-3H3/b8-6+. The Morgan fingerprint density at radius 2 is 2.06 bits per heavy atom. The van der Waals surface area contributed by atoms with E-state index in [4.69, 9.17) is 14.2 Å². The lowest BCUT2D eigenvalue weighted by Crippen LogP contribution is -1.99. The number of benzene rings is 1. The number of hydrogen-bond acceptors (Lipinski definition) is 5. The highest BCUT2D eigenvalue weighted by molar-refractivity contribution is 5.88. The summed E-state index contributed by atoms with van der Waals surface area (Å²) in [5.74, 6) is -0.00379. The first-order valence-corrected chi connectivity index (χ1v) is 5.42. The molecule has 1 rings (SSSR count). The van der Waals surface area contributed by atoms with Gasteiger partial charge in [-0.1, -0.05) is 0 Å². The second-order valence-corrected chi connectivity index (χ2v) is 3.32. The van der Waals surface area contributed by atoms with Crippen molar-refractivity contribution in [2.75, 3.05) is 20.8 Å². The molecule has 1 N–H and O–H groups in total. The van der Waals surface area contributed by atoms with Crippen LogP contribution in [0.1, 0.15) is 12.5 Å². The molecule has 0 radical (unpaired) electrons. The fraction of sp³-hybridized carbons (Fsp3) is 0.308. The number of aromatic hydroxyl groups is 1. The van der Waals surface area contributed by atoms with Crippen LogP contribution >= 0.6 is 0 Å². The van der Waals surface area contributed by atoms with Crippen LogP contribution in [0.2, 0.25) is 0 Å². The molecule has 1 aromatic rings. The molecule has 5 heteroatoms. The third-order valence-corrected chi connectivity index (χ3v) is 2.23. The topological polar surface area (TPSA) is 65.0 Å². The summed E-state index contributed by atoms with van der Waals surface area (Å²) in [5, 5.41) is 9.84. The second-order valence-electron chi connectivity index (χ2n) is 3.32. The monoisotopic (exact) mass is 252 g/mol. The molecule has 0 spiro atoms. The molecule has 0 amide bonds. The van der Waals surface area contributed by atoms with Crippen LogP contribution in [0.5, 0.6) is 17.2 Å². The minimum atomic E-state index is -0.449. The first-order valence-electron chi connectivity index (χ1n) is 5.42. The summed E-state index contributed by atoms with van der Waals surface area (Å²) in [5.41, 5.74) is 0.559. The van der Waals surface area contributed by atoms with Crippen molar-refractivity contribution >= 4 is 12.0 Å². The smallest absolute Gasteiger partial charge is 0.330 e. The number of carbonyl (C=O) groups excluding carboxylic acids is 1. The zero-order valence-corrected chi connectivity index (χ0v) is 10.6. The quantitative estimate of drug-likeness (QED) is 0.641. The van der Waals surface area contributed by atoms with Crippen LogP contribution in [0.4, 0.5) is 0 Å². The second kappa shape index (κ2) is 6.54. The van der Waals surface area contributed by atoms with Crippen LogP contribution in [0.15, 0.2) is 18.2 Å². The summed E-state index contributed by atoms with van der Waals surface area (Å²) >= 11 is 0. The van der Waals surface area contributed by atoms with E-state index in [1.165, 1.54) is 26.4 Å². The van der Waals surface area contributed by atoms with E-state index in [1.807, 2.05) is 0 Å². The summed E-state index contributed by atoms with van der Waals surface area (Å²) in [6, 6.07) is 3.26. The number of ether oxygens (including phenoxy) is 3. The summed E-state index contributed by atoms with van der Waals surface area (Å²) in [7, 11) is 2.87. The third-order valence-electron chi connectivity index (χ3n) is 2.23. The molecule has 0 saturated heterocycles. The number of esters is 1. The normalized spacial score (nSPS) is 10.4. The Labute approximate surface area is 106 Å². The van der Waals surface area contributed by atoms with E-state index in [-0.39, 0.29) is 11.5 Å². The van der Waals surface area contributed by atoms with E-state index < -0.39 is 5.97 Å². The Morgan fingerprint density at radius 3 is 2.61 bits per heavy atom. The van der Waals surface area contributed by atoms with Crippen LogP contribution < -0.4 is 9.47 Å². The van der Waals surface area contributed by atoms with Crippen molar-refractivity contribution in [3.8, 4) is 17.2 Å². The average molecular weight is 252 g/mol. The number of carbonyl (C=O) groups is 1. The average Bonchev–Trinajstić information content (AvgIpc) is 2.36. The van der Waals surface area contributed by atoms with Crippen molar-refractivity contribution in [2.45, 2.75) is 6.92 Å². The van der Waals surface area contributed by atoms with Gasteiger partial charge in [-0.25, -0.2) is 4.79 Å². The molecule has 98 valence electrons. The molecule has 0 fully saturated rings. The lowest BCUT2D eigenvalue weighted by atomic mass is 10.1. The Kier molecular flexibility index (Phi) is 5.05. The Balaban J connectivity index is 3.03. The van der Waals surface area contributed by atoms with Crippen molar-refractivity contribution in [1.82, 2.24) is 0 Å². The molecular formula is C13H16O5. The van der Waals surface area contributed by atoms with Gasteiger partial charge in [0, 0.05) is 11.6 Å². The Morgan fingerprint density at radius 1 is 1.33 bits per heavy atom. The maximum absolute atomic E-state index is 11.2. The summed E-state index contributed by atoms with van der Waals surface area (Å²) in [4.78, 5) is 11.2. The van der Waals surface area contributed by atoms with Gasteiger partial charge in [0.25, 0.3) is 0 Å². The van der Waals surface area contributed by atoms with Gasteiger partial charge < -0.3 is 19.3 Å². The van der Waals surface area contributed by atoms with Crippen LogP contribution in [0.3, 0.4) is 0 Å². The maximum Gasteiger partial charge on any atom is 0.330 e. The highest BCUT2D eigenvalue weighted by Gasteiger charge is 2.12. The van der Waals surface area contributed by atoms with E-state index in [2.05, 4.69) is 0 Å². The van der Waals surface area contributed by atoms with Gasteiger partial charge in [0.05, 0.1) is 20.8 Å². The molecule has 0 aromatic heterocycles. The molecule has 0 aliphatic heterocycles. The zero-order chi connectivity index (χ0) is 13.5. The van der Waals surface area contributed by atoms with E-state index in [9.17, 15) is 9.90 Å².